The van der Waals surface area contributed by atoms with Crippen molar-refractivity contribution < 1.29 is 22.8 Å². The van der Waals surface area contributed by atoms with Crippen molar-refractivity contribution >= 4 is 17.9 Å². The average molecular weight is 509 g/mol. The first kappa shape index (κ1) is 27.1. The van der Waals surface area contributed by atoms with Crippen molar-refractivity contribution in [3.05, 3.63) is 89.8 Å². The summed E-state index contributed by atoms with van der Waals surface area (Å²) in [6.45, 7) is 1.85. The highest BCUT2D eigenvalue weighted by Gasteiger charge is 2.31. The van der Waals surface area contributed by atoms with Gasteiger partial charge in [-0.05, 0) is 63.0 Å². The van der Waals surface area contributed by atoms with E-state index in [4.69, 9.17) is 0 Å². The first-order chi connectivity index (χ1) is 17.7. The Bertz CT molecular complexity index is 1410. The number of nitrogens with zero attached hydrogens (tertiary/aromatic N) is 4. The number of hydrogen-bond acceptors (Lipinski definition) is 7. The molecule has 0 atom stereocenters. The van der Waals surface area contributed by atoms with Gasteiger partial charge in [0.05, 0.1) is 29.3 Å². The first-order valence-corrected chi connectivity index (χ1v) is 10.9. The highest BCUT2D eigenvalue weighted by atomic mass is 19.4. The van der Waals surface area contributed by atoms with Gasteiger partial charge in [0.1, 0.15) is 11.4 Å². The van der Waals surface area contributed by atoms with Gasteiger partial charge in [0, 0.05) is 29.2 Å². The molecule has 4 aromatic rings. The van der Waals surface area contributed by atoms with Crippen LogP contribution in [0.25, 0.3) is 22.5 Å². The summed E-state index contributed by atoms with van der Waals surface area (Å²) in [6.07, 6.45) is 1.59. The van der Waals surface area contributed by atoms with Gasteiger partial charge < -0.3 is 10.6 Å². The third kappa shape index (κ3) is 7.01. The Morgan fingerprint density at radius 2 is 1.65 bits per heavy atom. The first-order valence-electron chi connectivity index (χ1n) is 10.9. The highest BCUT2D eigenvalue weighted by molar-refractivity contribution is 6.03. The van der Waals surface area contributed by atoms with Gasteiger partial charge in [0.2, 0.25) is 0 Å². The summed E-state index contributed by atoms with van der Waals surface area (Å²) in [7, 11) is 3.75. The number of nitrogens with one attached hydrogen (secondary N) is 2. The number of amides is 1. The Balaban J connectivity index is 0.00000121. The Kier molecular flexibility index (Phi) is 8.75. The number of rotatable bonds is 5. The number of anilines is 1. The molecule has 3 heterocycles. The van der Waals surface area contributed by atoms with Gasteiger partial charge in [-0.3, -0.25) is 24.5 Å². The van der Waals surface area contributed by atoms with Gasteiger partial charge in [-0.15, -0.1) is 0 Å². The van der Waals surface area contributed by atoms with Crippen LogP contribution in [0, 0.1) is 6.92 Å². The lowest BCUT2D eigenvalue weighted by Crippen LogP contribution is -2.15. The fraction of sp³-hybridized carbons (Fsp3) is 0.154. The minimum Gasteiger partial charge on any atom is -0.323 e. The van der Waals surface area contributed by atoms with Crippen molar-refractivity contribution in [2.45, 2.75) is 13.1 Å². The maximum Gasteiger partial charge on any atom is 0.416 e. The van der Waals surface area contributed by atoms with Crippen molar-refractivity contribution in [1.29, 1.82) is 0 Å². The zero-order chi connectivity index (χ0) is 27.0. The van der Waals surface area contributed by atoms with E-state index >= 15 is 0 Å². The fourth-order valence-corrected chi connectivity index (χ4v) is 3.21. The summed E-state index contributed by atoms with van der Waals surface area (Å²) in [5.41, 5.74) is 2.47. The van der Waals surface area contributed by atoms with Crippen LogP contribution in [0.4, 0.5) is 18.9 Å². The molecule has 1 amide bonds. The number of alkyl halides is 3. The maximum absolute atomic E-state index is 12.9. The number of aromatic nitrogens is 4. The second kappa shape index (κ2) is 12.0. The SMILES string of the molecule is CNC.Cc1ccc(NC(=O)c2cc(C(F)(F)F)ccn2)cc1-c1cncc(-c2ccnc(C=O)c2)n1. The van der Waals surface area contributed by atoms with E-state index < -0.39 is 17.6 Å². The molecule has 0 bridgehead atoms. The molecular formula is C26H23F3N6O2. The zero-order valence-electron chi connectivity index (χ0n) is 20.2. The van der Waals surface area contributed by atoms with Crippen LogP contribution in [-0.2, 0) is 6.18 Å². The van der Waals surface area contributed by atoms with E-state index in [1.807, 2.05) is 21.0 Å². The predicted molar refractivity (Wildman–Crippen MR) is 133 cm³/mol. The quantitative estimate of drug-likeness (QED) is 0.372. The third-order valence-corrected chi connectivity index (χ3v) is 4.92. The van der Waals surface area contributed by atoms with Gasteiger partial charge in [0.25, 0.3) is 5.91 Å². The van der Waals surface area contributed by atoms with E-state index in [9.17, 15) is 22.8 Å². The van der Waals surface area contributed by atoms with Crippen LogP contribution >= 0.6 is 0 Å². The third-order valence-electron chi connectivity index (χ3n) is 4.92. The summed E-state index contributed by atoms with van der Waals surface area (Å²) in [5, 5.41) is 5.32. The molecule has 0 saturated heterocycles. The number of pyridine rings is 2. The Morgan fingerprint density at radius 1 is 0.946 bits per heavy atom. The molecule has 11 heteroatoms. The van der Waals surface area contributed by atoms with E-state index in [0.29, 0.717) is 40.6 Å². The number of benzene rings is 1. The molecule has 0 aliphatic heterocycles. The van der Waals surface area contributed by atoms with E-state index in [1.54, 1.807) is 42.7 Å². The highest BCUT2D eigenvalue weighted by Crippen LogP contribution is 2.30. The van der Waals surface area contributed by atoms with Gasteiger partial charge >= 0.3 is 6.18 Å². The van der Waals surface area contributed by atoms with Gasteiger partial charge in [-0.2, -0.15) is 13.2 Å². The summed E-state index contributed by atoms with van der Waals surface area (Å²) in [5.74, 6) is -0.779. The second-order valence-electron chi connectivity index (χ2n) is 7.79. The standard InChI is InChI=1S/C24H16F3N5O2.C2H7N/c1-14-2-3-17(31-23(34)20-9-16(5-7-30-20)24(25,26)27)10-19(14)22-12-28-11-21(32-22)15-4-6-29-18(8-15)13-33;1-3-2/h2-13H,1H3,(H,31,34);3H,1-2H3. The molecule has 4 rings (SSSR count). The van der Waals surface area contributed by atoms with E-state index in [0.717, 1.165) is 17.8 Å². The molecule has 8 nitrogen and oxygen atoms in total. The van der Waals surface area contributed by atoms with E-state index in [1.165, 1.54) is 6.20 Å². The molecule has 0 fully saturated rings. The van der Waals surface area contributed by atoms with Crippen molar-refractivity contribution in [1.82, 2.24) is 25.3 Å². The number of carbonyl (C=O) groups excluding carboxylic acids is 2. The van der Waals surface area contributed by atoms with Gasteiger partial charge in [-0.1, -0.05) is 6.07 Å². The van der Waals surface area contributed by atoms with Gasteiger partial charge in [-0.25, -0.2) is 4.98 Å². The lowest BCUT2D eigenvalue weighted by atomic mass is 10.0. The van der Waals surface area contributed by atoms with Crippen molar-refractivity contribution in [3.63, 3.8) is 0 Å². The summed E-state index contributed by atoms with van der Waals surface area (Å²) in [6, 6.07) is 9.81. The van der Waals surface area contributed by atoms with Crippen LogP contribution in [-0.4, -0.2) is 46.2 Å². The van der Waals surface area contributed by atoms with E-state index in [-0.39, 0.29) is 11.4 Å². The molecule has 0 unspecified atom stereocenters. The Labute approximate surface area is 211 Å². The smallest absolute Gasteiger partial charge is 0.323 e. The maximum atomic E-state index is 12.9. The number of halogens is 3. The van der Waals surface area contributed by atoms with Crippen molar-refractivity contribution in [3.8, 4) is 22.5 Å². The summed E-state index contributed by atoms with van der Waals surface area (Å²) >= 11 is 0. The molecule has 0 saturated carbocycles. The molecular weight excluding hydrogens is 485 g/mol. The second-order valence-corrected chi connectivity index (χ2v) is 7.79. The lowest BCUT2D eigenvalue weighted by Gasteiger charge is -2.11. The van der Waals surface area contributed by atoms with Crippen molar-refractivity contribution in [2.75, 3.05) is 19.4 Å². The Hall–Kier alpha value is -4.51. The molecule has 0 aliphatic rings. The van der Waals surface area contributed by atoms with E-state index in [2.05, 4.69) is 30.6 Å². The fourth-order valence-electron chi connectivity index (χ4n) is 3.21. The summed E-state index contributed by atoms with van der Waals surface area (Å²) in [4.78, 5) is 40.1. The van der Waals surface area contributed by atoms with Crippen molar-refractivity contribution in [2.24, 2.45) is 0 Å². The van der Waals surface area contributed by atoms with Crippen LogP contribution in [0.15, 0.2) is 67.3 Å². The molecule has 37 heavy (non-hydrogen) atoms. The normalized spacial score (nSPS) is 10.8. The largest absolute Gasteiger partial charge is 0.416 e. The molecule has 2 N–H and O–H groups in total. The summed E-state index contributed by atoms with van der Waals surface area (Å²) < 4.78 is 38.8. The number of carbonyl (C=O) groups is 2. The molecule has 1 aromatic carbocycles. The molecule has 0 radical (unpaired) electrons. The number of hydrogen-bond donors (Lipinski definition) is 2. The van der Waals surface area contributed by atoms with Crippen LogP contribution in [0.1, 0.15) is 32.1 Å². The monoisotopic (exact) mass is 508 g/mol. The van der Waals surface area contributed by atoms with Gasteiger partial charge in [0.15, 0.2) is 6.29 Å². The van der Waals surface area contributed by atoms with Crippen LogP contribution in [0.2, 0.25) is 0 Å². The minimum atomic E-state index is -4.58. The Morgan fingerprint density at radius 3 is 2.35 bits per heavy atom. The zero-order valence-corrected chi connectivity index (χ0v) is 20.2. The number of aryl methyl sites for hydroxylation is 1. The molecule has 0 aliphatic carbocycles. The molecule has 0 spiro atoms. The van der Waals surface area contributed by atoms with Crippen LogP contribution < -0.4 is 10.6 Å². The molecule has 190 valence electrons. The average Bonchev–Trinajstić information content (AvgIpc) is 2.90. The lowest BCUT2D eigenvalue weighted by molar-refractivity contribution is -0.137. The van der Waals surface area contributed by atoms with Crippen LogP contribution in [0.3, 0.4) is 0 Å². The molecule has 3 aromatic heterocycles. The predicted octanol–water partition coefficient (Wildman–Crippen LogP) is 4.83. The minimum absolute atomic E-state index is 0.258. The topological polar surface area (TPSA) is 110 Å². The number of aldehydes is 1. The van der Waals surface area contributed by atoms with Crippen LogP contribution in [0.5, 0.6) is 0 Å².